The third kappa shape index (κ3) is 4.23. The van der Waals surface area contributed by atoms with Gasteiger partial charge in [0.05, 0.1) is 16.9 Å². The van der Waals surface area contributed by atoms with Crippen LogP contribution >= 0.6 is 0 Å². The fourth-order valence-electron chi connectivity index (χ4n) is 2.24. The van der Waals surface area contributed by atoms with Gasteiger partial charge in [0, 0.05) is 13.6 Å². The summed E-state index contributed by atoms with van der Waals surface area (Å²) in [5.74, 6) is 0.485. The Balaban J connectivity index is 2.13. The molecule has 5 heteroatoms. The van der Waals surface area contributed by atoms with Crippen LogP contribution < -0.4 is 10.6 Å². The van der Waals surface area contributed by atoms with Crippen LogP contribution in [0, 0.1) is 0 Å². The lowest BCUT2D eigenvalue weighted by Crippen LogP contribution is -2.26. The predicted molar refractivity (Wildman–Crippen MR) is 97.5 cm³/mol. The Kier molecular flexibility index (Phi) is 6.14. The van der Waals surface area contributed by atoms with Gasteiger partial charge in [-0.2, -0.15) is 0 Å². The number of hydrogen-bond acceptors (Lipinski definition) is 4. The first-order chi connectivity index (χ1) is 11.7. The summed E-state index contributed by atoms with van der Waals surface area (Å²) < 4.78 is 0. The third-order valence-corrected chi connectivity index (χ3v) is 3.54. The summed E-state index contributed by atoms with van der Waals surface area (Å²) in [5, 5.41) is 16.5. The number of aldehydes is 1. The molecule has 0 atom stereocenters. The van der Waals surface area contributed by atoms with Gasteiger partial charge in [0.25, 0.3) is 0 Å². The lowest BCUT2D eigenvalue weighted by molar-refractivity contribution is 0.112. The van der Waals surface area contributed by atoms with E-state index in [9.17, 15) is 9.90 Å². The molecule has 0 heterocycles. The molecule has 0 saturated carbocycles. The molecule has 0 saturated heterocycles. The monoisotopic (exact) mass is 323 g/mol. The van der Waals surface area contributed by atoms with E-state index in [0.29, 0.717) is 24.4 Å². The number of benzene rings is 2. The van der Waals surface area contributed by atoms with Crippen LogP contribution in [0.2, 0.25) is 0 Å². The van der Waals surface area contributed by atoms with Gasteiger partial charge in [-0.05, 0) is 24.6 Å². The maximum Gasteiger partial charge on any atom is 0.153 e. The molecule has 0 bridgehead atoms. The zero-order valence-electron chi connectivity index (χ0n) is 13.8. The van der Waals surface area contributed by atoms with Gasteiger partial charge in [-0.1, -0.05) is 42.5 Å². The van der Waals surface area contributed by atoms with Crippen LogP contribution in [0.5, 0.6) is 5.75 Å². The van der Waals surface area contributed by atoms with Crippen LogP contribution in [0.25, 0.3) is 0 Å². The van der Waals surface area contributed by atoms with E-state index in [1.807, 2.05) is 43.3 Å². The van der Waals surface area contributed by atoms with Crippen LogP contribution in [-0.4, -0.2) is 24.3 Å². The normalized spacial score (nSPS) is 11.9. The number of para-hydroxylation sites is 1. The molecule has 0 aliphatic rings. The van der Waals surface area contributed by atoms with Crippen molar-refractivity contribution in [2.75, 3.05) is 12.4 Å². The van der Waals surface area contributed by atoms with E-state index in [4.69, 9.17) is 0 Å². The van der Waals surface area contributed by atoms with E-state index in [1.165, 1.54) is 0 Å². The minimum Gasteiger partial charge on any atom is -0.505 e. The number of anilines is 1. The van der Waals surface area contributed by atoms with Gasteiger partial charge in [0.15, 0.2) is 6.29 Å². The molecule has 0 amide bonds. The van der Waals surface area contributed by atoms with E-state index in [1.54, 1.807) is 25.2 Å². The average Bonchev–Trinajstić information content (AvgIpc) is 2.63. The zero-order valence-corrected chi connectivity index (χ0v) is 13.8. The van der Waals surface area contributed by atoms with Crippen LogP contribution in [0.15, 0.2) is 65.3 Å². The highest BCUT2D eigenvalue weighted by Crippen LogP contribution is 2.26. The van der Waals surface area contributed by atoms with E-state index in [0.717, 1.165) is 11.3 Å². The number of allylic oxidation sites excluding steroid dienone is 1. The van der Waals surface area contributed by atoms with Gasteiger partial charge in [-0.15, -0.1) is 0 Å². The predicted octanol–water partition coefficient (Wildman–Crippen LogP) is 3.34. The van der Waals surface area contributed by atoms with Crippen molar-refractivity contribution in [3.8, 4) is 5.75 Å². The number of aliphatic imine (C=N–C) groups is 1. The maximum absolute atomic E-state index is 10.9. The number of amidine groups is 1. The number of aromatic hydroxyl groups is 1. The van der Waals surface area contributed by atoms with E-state index < -0.39 is 0 Å². The molecule has 0 spiro atoms. The van der Waals surface area contributed by atoms with Crippen molar-refractivity contribution in [3.63, 3.8) is 0 Å². The van der Waals surface area contributed by atoms with Gasteiger partial charge in [0.1, 0.15) is 11.6 Å². The highest BCUT2D eigenvalue weighted by Gasteiger charge is 2.11. The molecule has 2 rings (SSSR count). The van der Waals surface area contributed by atoms with Crippen molar-refractivity contribution in [2.45, 2.75) is 13.5 Å². The molecule has 24 heavy (non-hydrogen) atoms. The molecule has 0 unspecified atom stereocenters. The molecular weight excluding hydrogens is 302 g/mol. The Morgan fingerprint density at radius 2 is 1.92 bits per heavy atom. The van der Waals surface area contributed by atoms with E-state index >= 15 is 0 Å². The first-order valence-corrected chi connectivity index (χ1v) is 7.65. The summed E-state index contributed by atoms with van der Waals surface area (Å²) >= 11 is 0. The average molecular weight is 323 g/mol. The van der Waals surface area contributed by atoms with Crippen molar-refractivity contribution < 1.29 is 9.90 Å². The largest absolute Gasteiger partial charge is 0.505 e. The summed E-state index contributed by atoms with van der Waals surface area (Å²) in [6, 6.07) is 15.0. The van der Waals surface area contributed by atoms with Gasteiger partial charge in [-0.25, -0.2) is 0 Å². The molecular formula is C19H21N3O2. The lowest BCUT2D eigenvalue weighted by Gasteiger charge is -2.16. The SMILES string of the molecule is C/C=C(/NCc1ccccc1)C(=NC)Nc1cccc(C=O)c1O. The van der Waals surface area contributed by atoms with Crippen molar-refractivity contribution in [3.05, 3.63) is 71.4 Å². The molecule has 0 aromatic heterocycles. The second-order valence-electron chi connectivity index (χ2n) is 5.10. The Morgan fingerprint density at radius 3 is 2.54 bits per heavy atom. The van der Waals surface area contributed by atoms with Crippen molar-refractivity contribution in [1.29, 1.82) is 0 Å². The summed E-state index contributed by atoms with van der Waals surface area (Å²) in [6.45, 7) is 2.56. The molecule has 5 nitrogen and oxygen atoms in total. The summed E-state index contributed by atoms with van der Waals surface area (Å²) in [5.41, 5.74) is 2.62. The van der Waals surface area contributed by atoms with Crippen molar-refractivity contribution in [1.82, 2.24) is 5.32 Å². The van der Waals surface area contributed by atoms with Gasteiger partial charge >= 0.3 is 0 Å². The van der Waals surface area contributed by atoms with Crippen LogP contribution in [0.4, 0.5) is 5.69 Å². The number of phenolic OH excluding ortho intramolecular Hbond substituents is 1. The van der Waals surface area contributed by atoms with Crippen LogP contribution in [0.3, 0.4) is 0 Å². The highest BCUT2D eigenvalue weighted by atomic mass is 16.3. The smallest absolute Gasteiger partial charge is 0.153 e. The minimum atomic E-state index is -0.0906. The second kappa shape index (κ2) is 8.53. The highest BCUT2D eigenvalue weighted by molar-refractivity contribution is 6.08. The summed E-state index contributed by atoms with van der Waals surface area (Å²) in [4.78, 5) is 15.2. The van der Waals surface area contributed by atoms with Crippen LogP contribution in [-0.2, 0) is 6.54 Å². The molecule has 2 aromatic carbocycles. The topological polar surface area (TPSA) is 73.7 Å². The van der Waals surface area contributed by atoms with Crippen molar-refractivity contribution in [2.24, 2.45) is 4.99 Å². The fraction of sp³-hybridized carbons (Fsp3) is 0.158. The third-order valence-electron chi connectivity index (χ3n) is 3.54. The molecule has 3 N–H and O–H groups in total. The molecule has 0 fully saturated rings. The van der Waals surface area contributed by atoms with Crippen molar-refractivity contribution >= 4 is 17.8 Å². The van der Waals surface area contributed by atoms with Gasteiger partial charge < -0.3 is 15.7 Å². The number of phenols is 1. The number of hydrogen-bond donors (Lipinski definition) is 3. The van der Waals surface area contributed by atoms with E-state index in [2.05, 4.69) is 15.6 Å². The molecule has 124 valence electrons. The number of nitrogens with one attached hydrogen (secondary N) is 2. The lowest BCUT2D eigenvalue weighted by atomic mass is 10.2. The Morgan fingerprint density at radius 1 is 1.17 bits per heavy atom. The fourth-order valence-corrected chi connectivity index (χ4v) is 2.24. The molecule has 0 radical (unpaired) electrons. The van der Waals surface area contributed by atoms with Gasteiger partial charge in [0.2, 0.25) is 0 Å². The number of carbonyl (C=O) groups is 1. The standard InChI is InChI=1S/C19H21N3O2/c1-3-16(21-12-14-8-5-4-6-9-14)19(20-2)22-17-11-7-10-15(13-23)18(17)24/h3-11,13,21,24H,12H2,1-2H3,(H,20,22)/b16-3+. The first-order valence-electron chi connectivity index (χ1n) is 7.65. The molecule has 2 aromatic rings. The molecule has 0 aliphatic heterocycles. The van der Waals surface area contributed by atoms with E-state index in [-0.39, 0.29) is 11.3 Å². The number of nitrogens with zero attached hydrogens (tertiary/aromatic N) is 1. The first kappa shape index (κ1) is 17.3. The molecule has 0 aliphatic carbocycles. The Bertz CT molecular complexity index is 752. The second-order valence-corrected chi connectivity index (χ2v) is 5.10. The summed E-state index contributed by atoms with van der Waals surface area (Å²) in [7, 11) is 1.66. The Labute approximate surface area is 141 Å². The number of rotatable bonds is 6. The maximum atomic E-state index is 10.9. The zero-order chi connectivity index (χ0) is 17.4. The van der Waals surface area contributed by atoms with Gasteiger partial charge in [-0.3, -0.25) is 9.79 Å². The van der Waals surface area contributed by atoms with Crippen LogP contribution in [0.1, 0.15) is 22.8 Å². The quantitative estimate of drug-likeness (QED) is 0.330. The minimum absolute atomic E-state index is 0.0906. The summed E-state index contributed by atoms with van der Waals surface area (Å²) in [6.07, 6.45) is 2.52. The number of carbonyl (C=O) groups excluding carboxylic acids is 1. The Hall–Kier alpha value is -3.08.